The third-order valence-corrected chi connectivity index (χ3v) is 2.19. The van der Waals surface area contributed by atoms with Gasteiger partial charge in [0.2, 0.25) is 0 Å². The van der Waals surface area contributed by atoms with Crippen LogP contribution in [0.4, 0.5) is 5.00 Å². The van der Waals surface area contributed by atoms with Gasteiger partial charge in [-0.1, -0.05) is 25.3 Å². The van der Waals surface area contributed by atoms with Gasteiger partial charge in [0, 0.05) is 4.88 Å². The molecule has 0 aliphatic carbocycles. The first kappa shape index (κ1) is 7.09. The van der Waals surface area contributed by atoms with E-state index in [1.165, 1.54) is 11.3 Å². The summed E-state index contributed by atoms with van der Waals surface area (Å²) in [6, 6.07) is 1.90. The third kappa shape index (κ3) is 1.11. The molecule has 2 N–H and O–H groups in total. The van der Waals surface area contributed by atoms with Gasteiger partial charge in [-0.15, -0.1) is 11.3 Å². The summed E-state index contributed by atoms with van der Waals surface area (Å²) >= 11 is 1.53. The fourth-order valence-electron chi connectivity index (χ4n) is 0.759. The van der Waals surface area contributed by atoms with Gasteiger partial charge in [0.15, 0.2) is 0 Å². The lowest BCUT2D eigenvalue weighted by Crippen LogP contribution is -1.73. The highest BCUT2D eigenvalue weighted by atomic mass is 32.1. The number of nitrogen functional groups attached to an aromatic ring is 1. The molecule has 1 heterocycles. The minimum Gasteiger partial charge on any atom is -0.391 e. The maximum absolute atomic E-state index is 5.55. The monoisotopic (exact) mass is 151 g/mol. The Hall–Kier alpha value is -1.02. The molecule has 0 atom stereocenters. The molecule has 0 bridgehead atoms. The molecule has 0 aromatic carbocycles. The molecule has 1 aromatic heterocycles. The molecule has 0 spiro atoms. The van der Waals surface area contributed by atoms with Crippen LogP contribution >= 0.6 is 11.3 Å². The number of rotatable bonds is 2. The maximum Gasteiger partial charge on any atom is 0.0868 e. The molecular formula is C8H9NS. The van der Waals surface area contributed by atoms with Crippen molar-refractivity contribution >= 4 is 28.5 Å². The highest BCUT2D eigenvalue weighted by Crippen LogP contribution is 2.25. The number of hydrogen-bond acceptors (Lipinski definition) is 2. The van der Waals surface area contributed by atoms with E-state index in [0.717, 1.165) is 15.4 Å². The second-order valence-corrected chi connectivity index (χ2v) is 2.99. The van der Waals surface area contributed by atoms with E-state index in [-0.39, 0.29) is 0 Å². The standard InChI is InChI=1S/C8H9NS/c1-3-6-5-8(9)10-7(6)4-2/h3-5H,1-2,9H2. The van der Waals surface area contributed by atoms with E-state index in [1.54, 1.807) is 12.2 Å². The molecule has 0 fully saturated rings. The Labute approximate surface area is 64.5 Å². The number of nitrogens with two attached hydrogens (primary N) is 1. The molecule has 0 aliphatic rings. The lowest BCUT2D eigenvalue weighted by molar-refractivity contribution is 1.83. The average Bonchev–Trinajstić information content (AvgIpc) is 2.30. The first-order chi connectivity index (χ1) is 4.77. The summed E-state index contributed by atoms with van der Waals surface area (Å²) in [5.74, 6) is 0. The molecule has 1 nitrogen and oxygen atoms in total. The zero-order valence-corrected chi connectivity index (χ0v) is 6.45. The molecule has 1 rings (SSSR count). The van der Waals surface area contributed by atoms with E-state index in [9.17, 15) is 0 Å². The average molecular weight is 151 g/mol. The Morgan fingerprint density at radius 3 is 2.50 bits per heavy atom. The quantitative estimate of drug-likeness (QED) is 0.690. The Bertz CT molecular complexity index is 235. The fraction of sp³-hybridized carbons (Fsp3) is 0. The summed E-state index contributed by atoms with van der Waals surface area (Å²) in [6.07, 6.45) is 3.57. The topological polar surface area (TPSA) is 26.0 Å². The summed E-state index contributed by atoms with van der Waals surface area (Å²) in [7, 11) is 0. The molecule has 0 aliphatic heterocycles. The van der Waals surface area contributed by atoms with E-state index < -0.39 is 0 Å². The predicted molar refractivity (Wildman–Crippen MR) is 48.9 cm³/mol. The fourth-order valence-corrected chi connectivity index (χ4v) is 1.54. The molecular weight excluding hydrogens is 142 g/mol. The van der Waals surface area contributed by atoms with Crippen molar-refractivity contribution in [2.75, 3.05) is 5.73 Å². The summed E-state index contributed by atoms with van der Waals surface area (Å²) in [4.78, 5) is 1.09. The SMILES string of the molecule is C=Cc1cc(N)sc1C=C. The van der Waals surface area contributed by atoms with Crippen LogP contribution in [0.15, 0.2) is 19.2 Å². The van der Waals surface area contributed by atoms with E-state index in [2.05, 4.69) is 13.2 Å². The summed E-state index contributed by atoms with van der Waals surface area (Å²) in [5, 5.41) is 0.810. The predicted octanol–water partition coefficient (Wildman–Crippen LogP) is 2.62. The molecule has 10 heavy (non-hydrogen) atoms. The van der Waals surface area contributed by atoms with Gasteiger partial charge in [0.1, 0.15) is 0 Å². The molecule has 0 radical (unpaired) electrons. The van der Waals surface area contributed by atoms with E-state index in [4.69, 9.17) is 5.73 Å². The second kappa shape index (κ2) is 2.71. The van der Waals surface area contributed by atoms with Gasteiger partial charge in [0.05, 0.1) is 5.00 Å². The number of thiophene rings is 1. The molecule has 0 unspecified atom stereocenters. The summed E-state index contributed by atoms with van der Waals surface area (Å²) in [6.45, 7) is 7.32. The van der Waals surface area contributed by atoms with Crippen molar-refractivity contribution in [1.82, 2.24) is 0 Å². The zero-order chi connectivity index (χ0) is 7.56. The molecule has 0 saturated carbocycles. The van der Waals surface area contributed by atoms with Gasteiger partial charge in [0.25, 0.3) is 0 Å². The van der Waals surface area contributed by atoms with Gasteiger partial charge in [-0.25, -0.2) is 0 Å². The zero-order valence-electron chi connectivity index (χ0n) is 5.63. The Kier molecular flexibility index (Phi) is 1.92. The minimum atomic E-state index is 0.810. The van der Waals surface area contributed by atoms with Crippen molar-refractivity contribution in [3.63, 3.8) is 0 Å². The molecule has 52 valence electrons. The van der Waals surface area contributed by atoms with Crippen LogP contribution in [0.25, 0.3) is 12.2 Å². The van der Waals surface area contributed by atoms with Crippen molar-refractivity contribution in [2.45, 2.75) is 0 Å². The Morgan fingerprint density at radius 1 is 1.40 bits per heavy atom. The Balaban J connectivity index is 3.20. The van der Waals surface area contributed by atoms with Crippen LogP contribution in [0.5, 0.6) is 0 Å². The van der Waals surface area contributed by atoms with E-state index in [1.807, 2.05) is 6.07 Å². The summed E-state index contributed by atoms with van der Waals surface area (Å²) in [5.41, 5.74) is 6.62. The van der Waals surface area contributed by atoms with Gasteiger partial charge < -0.3 is 5.73 Å². The number of hydrogen-bond donors (Lipinski definition) is 1. The molecule has 1 aromatic rings. The second-order valence-electron chi connectivity index (χ2n) is 1.88. The Morgan fingerprint density at radius 2 is 2.10 bits per heavy atom. The van der Waals surface area contributed by atoms with Gasteiger partial charge >= 0.3 is 0 Å². The lowest BCUT2D eigenvalue weighted by atomic mass is 10.2. The normalized spacial score (nSPS) is 9.20. The molecule has 0 saturated heterocycles. The van der Waals surface area contributed by atoms with Crippen LogP contribution < -0.4 is 5.73 Å². The maximum atomic E-state index is 5.55. The van der Waals surface area contributed by atoms with Crippen LogP contribution in [0.3, 0.4) is 0 Å². The van der Waals surface area contributed by atoms with Crippen molar-refractivity contribution in [3.8, 4) is 0 Å². The highest BCUT2D eigenvalue weighted by molar-refractivity contribution is 7.17. The van der Waals surface area contributed by atoms with Crippen molar-refractivity contribution < 1.29 is 0 Å². The first-order valence-electron chi connectivity index (χ1n) is 2.92. The van der Waals surface area contributed by atoms with Crippen molar-refractivity contribution in [3.05, 3.63) is 29.7 Å². The minimum absolute atomic E-state index is 0.810. The van der Waals surface area contributed by atoms with Crippen LogP contribution in [-0.2, 0) is 0 Å². The third-order valence-electron chi connectivity index (χ3n) is 1.22. The van der Waals surface area contributed by atoms with E-state index >= 15 is 0 Å². The molecule has 2 heteroatoms. The largest absolute Gasteiger partial charge is 0.391 e. The summed E-state index contributed by atoms with van der Waals surface area (Å²) < 4.78 is 0. The van der Waals surface area contributed by atoms with Crippen molar-refractivity contribution in [2.24, 2.45) is 0 Å². The highest BCUT2D eigenvalue weighted by Gasteiger charge is 1.98. The molecule has 0 amide bonds. The van der Waals surface area contributed by atoms with Gasteiger partial charge in [-0.05, 0) is 11.6 Å². The van der Waals surface area contributed by atoms with Gasteiger partial charge in [-0.2, -0.15) is 0 Å². The van der Waals surface area contributed by atoms with E-state index in [0.29, 0.717) is 0 Å². The van der Waals surface area contributed by atoms with Crippen LogP contribution in [0, 0.1) is 0 Å². The smallest absolute Gasteiger partial charge is 0.0868 e. The van der Waals surface area contributed by atoms with Crippen LogP contribution in [0.1, 0.15) is 10.4 Å². The lowest BCUT2D eigenvalue weighted by Gasteiger charge is -1.84. The van der Waals surface area contributed by atoms with Gasteiger partial charge in [-0.3, -0.25) is 0 Å². The van der Waals surface area contributed by atoms with Crippen molar-refractivity contribution in [1.29, 1.82) is 0 Å². The number of anilines is 1. The first-order valence-corrected chi connectivity index (χ1v) is 3.73. The van der Waals surface area contributed by atoms with Crippen LogP contribution in [0.2, 0.25) is 0 Å². The van der Waals surface area contributed by atoms with Crippen LogP contribution in [-0.4, -0.2) is 0 Å².